The quantitative estimate of drug-likeness (QED) is 0.704. The molecule has 1 aliphatic carbocycles. The van der Waals surface area contributed by atoms with Crippen LogP contribution >= 0.6 is 27.7 Å². The van der Waals surface area contributed by atoms with Gasteiger partial charge in [-0.25, -0.2) is 0 Å². The summed E-state index contributed by atoms with van der Waals surface area (Å²) in [4.78, 5) is 1.37. The van der Waals surface area contributed by atoms with Crippen molar-refractivity contribution in [1.29, 1.82) is 0 Å². The second kappa shape index (κ2) is 5.04. The van der Waals surface area contributed by atoms with Gasteiger partial charge in [0, 0.05) is 14.6 Å². The number of rotatable bonds is 2. The maximum Gasteiger partial charge on any atom is 0.0274 e. The predicted molar refractivity (Wildman–Crippen MR) is 66.8 cm³/mol. The van der Waals surface area contributed by atoms with Crippen molar-refractivity contribution < 1.29 is 0 Å². The van der Waals surface area contributed by atoms with Gasteiger partial charge >= 0.3 is 0 Å². The fourth-order valence-electron chi connectivity index (χ4n) is 1.57. The van der Waals surface area contributed by atoms with E-state index in [0.29, 0.717) is 5.25 Å². The molecule has 2 heteroatoms. The topological polar surface area (TPSA) is 0 Å². The van der Waals surface area contributed by atoms with Crippen LogP contribution in [0.2, 0.25) is 0 Å². The molecule has 0 N–H and O–H groups in total. The number of allylic oxidation sites excluding steroid dienone is 1. The van der Waals surface area contributed by atoms with Crippen molar-refractivity contribution in [1.82, 2.24) is 0 Å². The van der Waals surface area contributed by atoms with E-state index in [0.717, 1.165) is 4.47 Å². The van der Waals surface area contributed by atoms with Crippen LogP contribution in [0, 0.1) is 0 Å². The number of hydrogen-bond donors (Lipinski definition) is 0. The number of benzene rings is 1. The van der Waals surface area contributed by atoms with E-state index in [2.05, 4.69) is 52.3 Å². The van der Waals surface area contributed by atoms with Gasteiger partial charge in [-0.15, -0.1) is 11.8 Å². The van der Waals surface area contributed by atoms with Crippen LogP contribution in [0.1, 0.15) is 19.3 Å². The first-order chi connectivity index (χ1) is 6.84. The third kappa shape index (κ3) is 2.89. The zero-order valence-corrected chi connectivity index (χ0v) is 10.4. The lowest BCUT2D eigenvalue weighted by Gasteiger charge is -2.15. The van der Waals surface area contributed by atoms with Crippen LogP contribution in [-0.4, -0.2) is 5.25 Å². The highest BCUT2D eigenvalue weighted by Gasteiger charge is 2.09. The summed E-state index contributed by atoms with van der Waals surface area (Å²) >= 11 is 5.41. The Morgan fingerprint density at radius 3 is 2.64 bits per heavy atom. The van der Waals surface area contributed by atoms with Crippen LogP contribution in [0.3, 0.4) is 0 Å². The van der Waals surface area contributed by atoms with Gasteiger partial charge in [0.1, 0.15) is 0 Å². The summed E-state index contributed by atoms with van der Waals surface area (Å²) in [7, 11) is 0. The van der Waals surface area contributed by atoms with E-state index < -0.39 is 0 Å². The zero-order valence-electron chi connectivity index (χ0n) is 7.95. The van der Waals surface area contributed by atoms with Crippen molar-refractivity contribution in [2.75, 3.05) is 0 Å². The summed E-state index contributed by atoms with van der Waals surface area (Å²) in [6.45, 7) is 0. The Kier molecular flexibility index (Phi) is 3.71. The minimum Gasteiger partial charge on any atom is -0.119 e. The van der Waals surface area contributed by atoms with Crippen LogP contribution in [0.25, 0.3) is 0 Å². The molecule has 2 rings (SSSR count). The first kappa shape index (κ1) is 10.3. The monoisotopic (exact) mass is 268 g/mol. The van der Waals surface area contributed by atoms with E-state index >= 15 is 0 Å². The highest BCUT2D eigenvalue weighted by molar-refractivity contribution is 9.10. The smallest absolute Gasteiger partial charge is 0.0274 e. The highest BCUT2D eigenvalue weighted by Crippen LogP contribution is 2.30. The second-order valence-electron chi connectivity index (χ2n) is 3.47. The molecule has 1 aromatic carbocycles. The van der Waals surface area contributed by atoms with E-state index in [-0.39, 0.29) is 0 Å². The maximum absolute atomic E-state index is 3.45. The van der Waals surface area contributed by atoms with Crippen LogP contribution in [-0.2, 0) is 0 Å². The third-order valence-electron chi connectivity index (χ3n) is 2.31. The molecule has 14 heavy (non-hydrogen) atoms. The molecular formula is C12H13BrS. The largest absolute Gasteiger partial charge is 0.119 e. The van der Waals surface area contributed by atoms with Gasteiger partial charge in [0.15, 0.2) is 0 Å². The second-order valence-corrected chi connectivity index (χ2v) is 5.70. The Morgan fingerprint density at radius 1 is 1.21 bits per heavy atom. The molecule has 1 atom stereocenters. The summed E-state index contributed by atoms with van der Waals surface area (Å²) in [5.74, 6) is 0. The summed E-state index contributed by atoms with van der Waals surface area (Å²) in [5.41, 5.74) is 0. The van der Waals surface area contributed by atoms with Crippen molar-refractivity contribution in [3.05, 3.63) is 40.9 Å². The summed E-state index contributed by atoms with van der Waals surface area (Å²) in [6, 6.07) is 8.57. The van der Waals surface area contributed by atoms with Gasteiger partial charge in [-0.05, 0) is 43.5 Å². The minimum atomic E-state index is 0.685. The molecule has 0 bridgehead atoms. The number of hydrogen-bond acceptors (Lipinski definition) is 1. The lowest BCUT2D eigenvalue weighted by Crippen LogP contribution is -2.01. The molecule has 0 aromatic heterocycles. The molecule has 0 nitrogen and oxygen atoms in total. The molecule has 0 amide bonds. The predicted octanol–water partition coefficient (Wildman–Crippen LogP) is 4.65. The Labute approximate surface area is 97.9 Å². The molecule has 0 saturated heterocycles. The average Bonchev–Trinajstić information content (AvgIpc) is 2.23. The molecule has 0 heterocycles. The van der Waals surface area contributed by atoms with Crippen LogP contribution < -0.4 is 0 Å². The number of thioether (sulfide) groups is 1. The van der Waals surface area contributed by atoms with Gasteiger partial charge in [0.05, 0.1) is 0 Å². The fourth-order valence-corrected chi connectivity index (χ4v) is 2.95. The summed E-state index contributed by atoms with van der Waals surface area (Å²) in [5, 5.41) is 0.685. The van der Waals surface area contributed by atoms with E-state index in [4.69, 9.17) is 0 Å². The number of halogens is 1. The Bertz CT molecular complexity index is 316. The van der Waals surface area contributed by atoms with Gasteiger partial charge < -0.3 is 0 Å². The average molecular weight is 269 g/mol. The van der Waals surface area contributed by atoms with Gasteiger partial charge in [0.2, 0.25) is 0 Å². The molecular weight excluding hydrogens is 256 g/mol. The molecule has 0 spiro atoms. The SMILES string of the molecule is Brc1ccc(S[C@@H]2C=CCCC2)cc1. The van der Waals surface area contributed by atoms with Crippen molar-refractivity contribution in [2.45, 2.75) is 29.4 Å². The maximum atomic E-state index is 3.45. The first-order valence-corrected chi connectivity index (χ1v) is 6.61. The molecule has 0 aliphatic heterocycles. The molecule has 74 valence electrons. The van der Waals surface area contributed by atoms with Crippen molar-refractivity contribution in [3.8, 4) is 0 Å². The molecule has 1 aromatic rings. The van der Waals surface area contributed by atoms with E-state index in [9.17, 15) is 0 Å². The lowest BCUT2D eigenvalue weighted by atomic mass is 10.1. The Balaban J connectivity index is 1.99. The molecule has 0 saturated carbocycles. The van der Waals surface area contributed by atoms with Crippen molar-refractivity contribution in [2.24, 2.45) is 0 Å². The standard InChI is InChI=1S/C12H13BrS/c13-10-6-8-12(9-7-10)14-11-4-2-1-3-5-11/h2,4,6-9,11H,1,3,5H2/t11-/m1/s1. The Hall–Kier alpha value is -0.210. The van der Waals surface area contributed by atoms with Crippen LogP contribution in [0.5, 0.6) is 0 Å². The molecule has 0 fully saturated rings. The van der Waals surface area contributed by atoms with Crippen LogP contribution in [0.4, 0.5) is 0 Å². The van der Waals surface area contributed by atoms with Crippen molar-refractivity contribution in [3.63, 3.8) is 0 Å². The Morgan fingerprint density at radius 2 is 2.00 bits per heavy atom. The first-order valence-electron chi connectivity index (χ1n) is 4.93. The van der Waals surface area contributed by atoms with E-state index in [1.807, 2.05) is 11.8 Å². The molecule has 0 unspecified atom stereocenters. The zero-order chi connectivity index (χ0) is 9.80. The molecule has 0 radical (unpaired) electrons. The summed E-state index contributed by atoms with van der Waals surface area (Å²) < 4.78 is 1.15. The fraction of sp³-hybridized carbons (Fsp3) is 0.333. The van der Waals surface area contributed by atoms with Gasteiger partial charge in [-0.2, -0.15) is 0 Å². The molecule has 1 aliphatic rings. The van der Waals surface area contributed by atoms with E-state index in [1.165, 1.54) is 24.2 Å². The van der Waals surface area contributed by atoms with Gasteiger partial charge in [-0.3, -0.25) is 0 Å². The van der Waals surface area contributed by atoms with Gasteiger partial charge in [-0.1, -0.05) is 28.1 Å². The van der Waals surface area contributed by atoms with Gasteiger partial charge in [0.25, 0.3) is 0 Å². The van der Waals surface area contributed by atoms with Crippen LogP contribution in [0.15, 0.2) is 45.8 Å². The normalized spacial score (nSPS) is 21.1. The summed E-state index contributed by atoms with van der Waals surface area (Å²) in [6.07, 6.45) is 8.57. The lowest BCUT2D eigenvalue weighted by molar-refractivity contribution is 0.741. The highest BCUT2D eigenvalue weighted by atomic mass is 79.9. The van der Waals surface area contributed by atoms with E-state index in [1.54, 1.807) is 0 Å². The van der Waals surface area contributed by atoms with Crippen molar-refractivity contribution >= 4 is 27.7 Å². The minimum absolute atomic E-state index is 0.685. The third-order valence-corrected chi connectivity index (χ3v) is 4.08.